The second-order valence-corrected chi connectivity index (χ2v) is 2.40. The normalized spacial score (nSPS) is 11.6. The molecule has 0 aromatic carbocycles. The van der Waals surface area contributed by atoms with Gasteiger partial charge in [-0.05, 0) is 18.1 Å². The Labute approximate surface area is 71.3 Å². The Bertz CT molecular complexity index is 293. The molecule has 0 aliphatic rings. The van der Waals surface area contributed by atoms with E-state index in [1.165, 1.54) is 0 Å². The predicted octanol–water partition coefficient (Wildman–Crippen LogP) is 0.223. The summed E-state index contributed by atoms with van der Waals surface area (Å²) in [5, 5.41) is 3.43. The Hall–Kier alpha value is -1.58. The zero-order valence-corrected chi connectivity index (χ0v) is 6.99. The summed E-state index contributed by atoms with van der Waals surface area (Å²) >= 11 is 0. The number of aromatic nitrogens is 1. The summed E-state index contributed by atoms with van der Waals surface area (Å²) in [5.74, 6) is 5.43. The number of amidine groups is 1. The van der Waals surface area contributed by atoms with E-state index in [4.69, 9.17) is 11.6 Å². The summed E-state index contributed by atoms with van der Waals surface area (Å²) < 4.78 is 0. The average molecular weight is 164 g/mol. The highest BCUT2D eigenvalue weighted by atomic mass is 15.2. The number of nitrogens with two attached hydrogens (primary N) is 2. The molecule has 0 radical (unpaired) electrons. The van der Waals surface area contributed by atoms with Gasteiger partial charge < -0.3 is 11.6 Å². The van der Waals surface area contributed by atoms with E-state index in [2.05, 4.69) is 10.1 Å². The highest BCUT2D eigenvalue weighted by molar-refractivity contribution is 5.98. The van der Waals surface area contributed by atoms with Crippen LogP contribution in [-0.4, -0.2) is 10.8 Å². The van der Waals surface area contributed by atoms with Crippen LogP contribution >= 0.6 is 0 Å². The highest BCUT2D eigenvalue weighted by Gasteiger charge is 2.02. The minimum atomic E-state index is 0.356. The number of rotatable bonds is 2. The maximum absolute atomic E-state index is 5.57. The van der Waals surface area contributed by atoms with Crippen LogP contribution in [0.2, 0.25) is 0 Å². The number of hydrogen-bond donors (Lipinski definition) is 2. The molecule has 0 amide bonds. The van der Waals surface area contributed by atoms with Gasteiger partial charge in [-0.2, -0.15) is 5.10 Å². The molecule has 12 heavy (non-hydrogen) atoms. The summed E-state index contributed by atoms with van der Waals surface area (Å²) in [7, 11) is 0. The van der Waals surface area contributed by atoms with E-state index < -0.39 is 0 Å². The van der Waals surface area contributed by atoms with Gasteiger partial charge in [0, 0.05) is 18.0 Å². The van der Waals surface area contributed by atoms with Crippen LogP contribution < -0.4 is 11.6 Å². The Morgan fingerprint density at radius 3 is 3.00 bits per heavy atom. The first-order chi connectivity index (χ1) is 5.79. The van der Waals surface area contributed by atoms with Gasteiger partial charge in [-0.1, -0.05) is 6.92 Å². The molecular formula is C8H12N4. The van der Waals surface area contributed by atoms with E-state index in [0.29, 0.717) is 5.84 Å². The van der Waals surface area contributed by atoms with Crippen molar-refractivity contribution in [3.8, 4) is 0 Å². The van der Waals surface area contributed by atoms with Crippen LogP contribution in [0.4, 0.5) is 0 Å². The molecule has 0 unspecified atom stereocenters. The van der Waals surface area contributed by atoms with Gasteiger partial charge in [-0.25, -0.2) is 0 Å². The highest BCUT2D eigenvalue weighted by Crippen LogP contribution is 2.06. The molecule has 4 nitrogen and oxygen atoms in total. The van der Waals surface area contributed by atoms with Crippen LogP contribution in [-0.2, 0) is 6.42 Å². The summed E-state index contributed by atoms with van der Waals surface area (Å²) in [6.45, 7) is 2.03. The number of hydrazone groups is 1. The van der Waals surface area contributed by atoms with Crippen molar-refractivity contribution in [1.82, 2.24) is 4.98 Å². The smallest absolute Gasteiger partial charge is 0.150 e. The molecule has 0 atom stereocenters. The van der Waals surface area contributed by atoms with Crippen LogP contribution in [0, 0.1) is 0 Å². The molecule has 1 rings (SSSR count). The first-order valence-electron chi connectivity index (χ1n) is 3.76. The molecule has 0 bridgehead atoms. The van der Waals surface area contributed by atoms with Gasteiger partial charge in [-0.15, -0.1) is 0 Å². The van der Waals surface area contributed by atoms with E-state index in [-0.39, 0.29) is 0 Å². The standard InChI is InChI=1S/C8H12N4/c1-2-6-5-11-4-3-7(6)8(9)12-10/h3-5H,2,10H2,1H3,(H2,9,12). The molecule has 0 fully saturated rings. The summed E-state index contributed by atoms with van der Waals surface area (Å²) in [6.07, 6.45) is 4.32. The Morgan fingerprint density at radius 1 is 1.67 bits per heavy atom. The fourth-order valence-electron chi connectivity index (χ4n) is 1.03. The molecule has 1 aromatic heterocycles. The third-order valence-corrected chi connectivity index (χ3v) is 1.70. The SMILES string of the molecule is CCc1cnccc1/C(N)=N/N. The predicted molar refractivity (Wildman–Crippen MR) is 48.5 cm³/mol. The molecule has 1 aromatic rings. The monoisotopic (exact) mass is 164 g/mol. The van der Waals surface area contributed by atoms with Crippen molar-refractivity contribution in [3.63, 3.8) is 0 Å². The van der Waals surface area contributed by atoms with E-state index in [1.807, 2.05) is 13.0 Å². The maximum Gasteiger partial charge on any atom is 0.150 e. The van der Waals surface area contributed by atoms with Crippen molar-refractivity contribution >= 4 is 5.84 Å². The van der Waals surface area contributed by atoms with Gasteiger partial charge in [0.25, 0.3) is 0 Å². The number of hydrogen-bond acceptors (Lipinski definition) is 3. The fraction of sp³-hybridized carbons (Fsp3) is 0.250. The van der Waals surface area contributed by atoms with Crippen molar-refractivity contribution in [1.29, 1.82) is 0 Å². The summed E-state index contributed by atoms with van der Waals surface area (Å²) in [5.41, 5.74) is 7.50. The number of pyridine rings is 1. The lowest BCUT2D eigenvalue weighted by Gasteiger charge is -2.03. The first kappa shape index (κ1) is 8.52. The average Bonchev–Trinajstić information content (AvgIpc) is 2.16. The Morgan fingerprint density at radius 2 is 2.42 bits per heavy atom. The maximum atomic E-state index is 5.57. The van der Waals surface area contributed by atoms with Gasteiger partial charge in [0.1, 0.15) is 0 Å². The van der Waals surface area contributed by atoms with Crippen molar-refractivity contribution in [3.05, 3.63) is 29.6 Å². The van der Waals surface area contributed by atoms with Gasteiger partial charge in [0.15, 0.2) is 5.84 Å². The van der Waals surface area contributed by atoms with Crippen LogP contribution in [0.3, 0.4) is 0 Å². The van der Waals surface area contributed by atoms with Crippen molar-refractivity contribution in [2.45, 2.75) is 13.3 Å². The molecule has 0 aliphatic carbocycles. The van der Waals surface area contributed by atoms with Crippen molar-refractivity contribution in [2.75, 3.05) is 0 Å². The van der Waals surface area contributed by atoms with Crippen LogP contribution in [0.25, 0.3) is 0 Å². The van der Waals surface area contributed by atoms with Gasteiger partial charge >= 0.3 is 0 Å². The number of aryl methyl sites for hydroxylation is 1. The molecule has 0 spiro atoms. The second kappa shape index (κ2) is 3.71. The summed E-state index contributed by atoms with van der Waals surface area (Å²) in [4.78, 5) is 3.98. The first-order valence-corrected chi connectivity index (χ1v) is 3.76. The van der Waals surface area contributed by atoms with Crippen LogP contribution in [0.15, 0.2) is 23.6 Å². The van der Waals surface area contributed by atoms with E-state index in [0.717, 1.165) is 17.5 Å². The Kier molecular flexibility index (Phi) is 2.63. The second-order valence-electron chi connectivity index (χ2n) is 2.40. The zero-order chi connectivity index (χ0) is 8.97. The minimum Gasteiger partial charge on any atom is -0.382 e. The van der Waals surface area contributed by atoms with Crippen molar-refractivity contribution in [2.24, 2.45) is 16.7 Å². The lowest BCUT2D eigenvalue weighted by Crippen LogP contribution is -2.17. The van der Waals surface area contributed by atoms with Gasteiger partial charge in [0.05, 0.1) is 0 Å². The molecule has 0 saturated carbocycles. The van der Waals surface area contributed by atoms with E-state index in [9.17, 15) is 0 Å². The quantitative estimate of drug-likeness (QED) is 0.284. The lowest BCUT2D eigenvalue weighted by molar-refractivity contribution is 1.09. The zero-order valence-electron chi connectivity index (χ0n) is 6.99. The van der Waals surface area contributed by atoms with E-state index in [1.54, 1.807) is 12.4 Å². The molecule has 64 valence electrons. The molecule has 4 N–H and O–H groups in total. The Balaban J connectivity index is 3.13. The third kappa shape index (κ3) is 1.53. The fourth-order valence-corrected chi connectivity index (χ4v) is 1.03. The van der Waals surface area contributed by atoms with Crippen LogP contribution in [0.1, 0.15) is 18.1 Å². The van der Waals surface area contributed by atoms with Gasteiger partial charge in [-0.3, -0.25) is 4.98 Å². The van der Waals surface area contributed by atoms with E-state index >= 15 is 0 Å². The lowest BCUT2D eigenvalue weighted by atomic mass is 10.1. The van der Waals surface area contributed by atoms with Crippen molar-refractivity contribution < 1.29 is 0 Å². The molecular weight excluding hydrogens is 152 g/mol. The molecule has 4 heteroatoms. The van der Waals surface area contributed by atoms with Gasteiger partial charge in [0.2, 0.25) is 0 Å². The summed E-state index contributed by atoms with van der Waals surface area (Å²) in [6, 6.07) is 1.81. The molecule has 1 heterocycles. The molecule has 0 saturated heterocycles. The topological polar surface area (TPSA) is 77.3 Å². The minimum absolute atomic E-state index is 0.356. The third-order valence-electron chi connectivity index (χ3n) is 1.70. The number of nitrogens with zero attached hydrogens (tertiary/aromatic N) is 2. The van der Waals surface area contributed by atoms with Crippen LogP contribution in [0.5, 0.6) is 0 Å². The largest absolute Gasteiger partial charge is 0.382 e. The molecule has 0 aliphatic heterocycles.